The Labute approximate surface area is 186 Å². The average Bonchev–Trinajstić information content (AvgIpc) is 2.80. The maximum Gasteiger partial charge on any atom is 0.341 e. The minimum atomic E-state index is -1.01. The summed E-state index contributed by atoms with van der Waals surface area (Å²) < 4.78 is 11.3. The van der Waals surface area contributed by atoms with Crippen molar-refractivity contribution in [1.29, 1.82) is 0 Å². The van der Waals surface area contributed by atoms with Crippen molar-refractivity contribution >= 4 is 23.1 Å². The van der Waals surface area contributed by atoms with Gasteiger partial charge in [-0.25, -0.2) is 4.79 Å². The molecule has 0 saturated carbocycles. The third kappa shape index (κ3) is 4.67. The Morgan fingerprint density at radius 1 is 1.03 bits per heavy atom. The van der Waals surface area contributed by atoms with Crippen LogP contribution in [-0.2, 0) is 9.63 Å². The zero-order chi connectivity index (χ0) is 22.5. The second-order valence-corrected chi connectivity index (χ2v) is 7.36. The molecule has 0 aliphatic carbocycles. The molecule has 0 bridgehead atoms. The highest BCUT2D eigenvalue weighted by atomic mass is 16.6. The van der Waals surface area contributed by atoms with E-state index in [4.69, 9.17) is 19.4 Å². The molecule has 0 fully saturated rings. The molecule has 0 atom stereocenters. The number of benzene rings is 3. The van der Waals surface area contributed by atoms with Gasteiger partial charge in [0.2, 0.25) is 0 Å². The van der Waals surface area contributed by atoms with E-state index in [-0.39, 0.29) is 6.61 Å². The van der Waals surface area contributed by atoms with Gasteiger partial charge in [-0.15, -0.1) is 0 Å². The second-order valence-electron chi connectivity index (χ2n) is 7.36. The predicted molar refractivity (Wildman–Crippen MR) is 122 cm³/mol. The van der Waals surface area contributed by atoms with Gasteiger partial charge in [-0.3, -0.25) is 0 Å². The molecule has 1 aliphatic heterocycles. The number of hydrogen-bond acceptors (Lipinski definition) is 6. The van der Waals surface area contributed by atoms with Crippen LogP contribution in [0.15, 0.2) is 71.9 Å². The van der Waals surface area contributed by atoms with E-state index in [0.29, 0.717) is 18.9 Å². The van der Waals surface area contributed by atoms with Crippen LogP contribution in [0.4, 0.5) is 11.4 Å². The van der Waals surface area contributed by atoms with Crippen LogP contribution in [0.5, 0.6) is 17.2 Å². The molecular formula is C25H24N2O5. The predicted octanol–water partition coefficient (Wildman–Crippen LogP) is 5.14. The molecule has 7 heteroatoms. The van der Waals surface area contributed by atoms with Gasteiger partial charge in [0.1, 0.15) is 12.4 Å². The summed E-state index contributed by atoms with van der Waals surface area (Å²) in [6, 6.07) is 21.3. The molecule has 4 rings (SSSR count). The number of ether oxygens (including phenoxy) is 2. The third-order valence-electron chi connectivity index (χ3n) is 5.08. The van der Waals surface area contributed by atoms with Gasteiger partial charge in [-0.2, -0.15) is 0 Å². The van der Waals surface area contributed by atoms with Crippen molar-refractivity contribution in [2.24, 2.45) is 5.16 Å². The smallest absolute Gasteiger partial charge is 0.341 e. The van der Waals surface area contributed by atoms with Crippen LogP contribution >= 0.6 is 0 Å². The molecule has 0 amide bonds. The topological polar surface area (TPSA) is 80.6 Å². The first-order chi connectivity index (χ1) is 15.5. The fourth-order valence-corrected chi connectivity index (χ4v) is 3.53. The molecule has 1 N–H and O–H groups in total. The lowest BCUT2D eigenvalue weighted by molar-refractivity contribution is -0.139. The Hall–Kier alpha value is -4.00. The SMILES string of the molecule is C/C(=N\OCCN1c2ccccc2Oc2ccccc21)c1ccc(OCC(=O)O)c(C)c1. The normalized spacial score (nSPS) is 12.4. The molecule has 164 valence electrons. The first kappa shape index (κ1) is 21.2. The minimum absolute atomic E-state index is 0.371. The molecule has 0 aromatic heterocycles. The van der Waals surface area contributed by atoms with Gasteiger partial charge in [0.25, 0.3) is 0 Å². The fraction of sp³-hybridized carbons (Fsp3) is 0.200. The lowest BCUT2D eigenvalue weighted by Gasteiger charge is -2.32. The Balaban J connectivity index is 1.41. The number of hydrogen-bond donors (Lipinski definition) is 1. The van der Waals surface area contributed by atoms with Crippen molar-refractivity contribution in [3.63, 3.8) is 0 Å². The summed E-state index contributed by atoms with van der Waals surface area (Å²) in [4.78, 5) is 18.5. The number of nitrogens with zero attached hydrogens (tertiary/aromatic N) is 2. The van der Waals surface area contributed by atoms with Crippen molar-refractivity contribution in [1.82, 2.24) is 0 Å². The molecular weight excluding hydrogens is 408 g/mol. The fourth-order valence-electron chi connectivity index (χ4n) is 3.53. The highest BCUT2D eigenvalue weighted by molar-refractivity contribution is 5.98. The van der Waals surface area contributed by atoms with Crippen LogP contribution < -0.4 is 14.4 Å². The number of carboxylic acid groups (broad SMARTS) is 1. The maximum absolute atomic E-state index is 10.7. The Morgan fingerprint density at radius 2 is 1.69 bits per heavy atom. The molecule has 0 unspecified atom stereocenters. The van der Waals surface area contributed by atoms with E-state index in [2.05, 4.69) is 10.1 Å². The molecule has 7 nitrogen and oxygen atoms in total. The van der Waals surface area contributed by atoms with Gasteiger partial charge in [0.05, 0.1) is 23.6 Å². The number of aliphatic carboxylic acids is 1. The Morgan fingerprint density at radius 3 is 2.31 bits per heavy atom. The summed E-state index contributed by atoms with van der Waals surface area (Å²) in [5.74, 6) is 1.15. The van der Waals surface area contributed by atoms with Crippen LogP contribution in [0.1, 0.15) is 18.1 Å². The molecule has 32 heavy (non-hydrogen) atoms. The monoisotopic (exact) mass is 432 g/mol. The molecule has 1 heterocycles. The van der Waals surface area contributed by atoms with Crippen LogP contribution in [0, 0.1) is 6.92 Å². The van der Waals surface area contributed by atoms with Crippen LogP contribution in [-0.4, -0.2) is 36.5 Å². The van der Waals surface area contributed by atoms with E-state index in [1.165, 1.54) is 0 Å². The van der Waals surface area contributed by atoms with E-state index < -0.39 is 5.97 Å². The van der Waals surface area contributed by atoms with Crippen LogP contribution in [0.2, 0.25) is 0 Å². The largest absolute Gasteiger partial charge is 0.482 e. The van der Waals surface area contributed by atoms with Gasteiger partial charge in [-0.05, 0) is 67.4 Å². The van der Waals surface area contributed by atoms with Gasteiger partial charge in [0, 0.05) is 0 Å². The van der Waals surface area contributed by atoms with Crippen LogP contribution in [0.25, 0.3) is 0 Å². The summed E-state index contributed by atoms with van der Waals surface area (Å²) in [5.41, 5.74) is 4.42. The minimum Gasteiger partial charge on any atom is -0.482 e. The number of carbonyl (C=O) groups is 1. The van der Waals surface area contributed by atoms with E-state index in [1.54, 1.807) is 6.07 Å². The molecule has 1 aliphatic rings. The summed E-state index contributed by atoms with van der Waals surface area (Å²) >= 11 is 0. The standard InChI is InChI=1S/C25H24N2O5/c1-17-15-19(11-12-22(17)30-16-25(28)29)18(2)26-31-14-13-27-20-7-3-5-9-23(20)32-24-10-6-4-8-21(24)27/h3-12,15H,13-14,16H2,1-2H3,(H,28,29)/b26-18+. The van der Waals surface area contributed by atoms with Gasteiger partial charge < -0.3 is 24.3 Å². The quantitative estimate of drug-likeness (QED) is 0.301. The second kappa shape index (κ2) is 9.43. The highest BCUT2D eigenvalue weighted by Gasteiger charge is 2.23. The van der Waals surface area contributed by atoms with Crippen molar-refractivity contribution in [3.05, 3.63) is 77.9 Å². The number of fused-ring (bicyclic) bond motifs is 2. The summed E-state index contributed by atoms with van der Waals surface area (Å²) in [6.45, 7) is 4.35. The Kier molecular flexibility index (Phi) is 6.26. The third-order valence-corrected chi connectivity index (χ3v) is 5.08. The molecule has 0 spiro atoms. The number of anilines is 2. The Bertz CT molecular complexity index is 1110. The molecule has 0 saturated heterocycles. The summed E-state index contributed by atoms with van der Waals surface area (Å²) in [6.07, 6.45) is 0. The maximum atomic E-state index is 10.7. The summed E-state index contributed by atoms with van der Waals surface area (Å²) in [7, 11) is 0. The van der Waals surface area contributed by atoms with Crippen molar-refractivity contribution in [3.8, 4) is 17.2 Å². The number of para-hydroxylation sites is 4. The van der Waals surface area contributed by atoms with Gasteiger partial charge in [0.15, 0.2) is 18.1 Å². The van der Waals surface area contributed by atoms with E-state index in [1.807, 2.05) is 74.5 Å². The number of carboxylic acids is 1. The number of oxime groups is 1. The van der Waals surface area contributed by atoms with Crippen molar-refractivity contribution < 1.29 is 24.2 Å². The zero-order valence-corrected chi connectivity index (χ0v) is 17.9. The van der Waals surface area contributed by atoms with E-state index in [9.17, 15) is 4.79 Å². The highest BCUT2D eigenvalue weighted by Crippen LogP contribution is 2.45. The zero-order valence-electron chi connectivity index (χ0n) is 17.9. The van der Waals surface area contributed by atoms with E-state index >= 15 is 0 Å². The van der Waals surface area contributed by atoms with Gasteiger partial charge >= 0.3 is 5.97 Å². The average molecular weight is 432 g/mol. The number of rotatable bonds is 8. The van der Waals surface area contributed by atoms with Crippen molar-refractivity contribution in [2.45, 2.75) is 13.8 Å². The van der Waals surface area contributed by atoms with Gasteiger partial charge in [-0.1, -0.05) is 29.4 Å². The first-order valence-electron chi connectivity index (χ1n) is 10.3. The molecule has 3 aromatic rings. The van der Waals surface area contributed by atoms with Crippen molar-refractivity contribution in [2.75, 3.05) is 24.7 Å². The molecule has 3 aromatic carbocycles. The summed E-state index contributed by atoms with van der Waals surface area (Å²) in [5, 5.41) is 13.0. The molecule has 0 radical (unpaired) electrons. The van der Waals surface area contributed by atoms with Crippen LogP contribution in [0.3, 0.4) is 0 Å². The number of aryl methyl sites for hydroxylation is 1. The lowest BCUT2D eigenvalue weighted by atomic mass is 10.1. The lowest BCUT2D eigenvalue weighted by Crippen LogP contribution is -2.25. The first-order valence-corrected chi connectivity index (χ1v) is 10.3. The van der Waals surface area contributed by atoms with E-state index in [0.717, 1.165) is 39.7 Å².